The molecule has 156 valence electrons. The van der Waals surface area contributed by atoms with Crippen LogP contribution in [-0.2, 0) is 16.1 Å². The Balaban J connectivity index is 2.16. The summed E-state index contributed by atoms with van der Waals surface area (Å²) in [4.78, 5) is 28.8. The van der Waals surface area contributed by atoms with Gasteiger partial charge in [0.1, 0.15) is 6.04 Å². The van der Waals surface area contributed by atoms with Gasteiger partial charge in [0.25, 0.3) is 0 Å². The van der Waals surface area contributed by atoms with Gasteiger partial charge in [-0.1, -0.05) is 61.9 Å². The fourth-order valence-electron chi connectivity index (χ4n) is 3.00. The molecule has 0 saturated carbocycles. The zero-order valence-corrected chi connectivity index (χ0v) is 18.7. The first-order chi connectivity index (χ1) is 13.9. The number of aryl methyl sites for hydroxylation is 1. The van der Waals surface area contributed by atoms with E-state index in [0.29, 0.717) is 18.7 Å². The summed E-state index contributed by atoms with van der Waals surface area (Å²) < 4.78 is 0. The molecule has 1 N–H and O–H groups in total. The second kappa shape index (κ2) is 11.7. The van der Waals surface area contributed by atoms with Crippen LogP contribution in [0.5, 0.6) is 0 Å². The van der Waals surface area contributed by atoms with Gasteiger partial charge in [-0.15, -0.1) is 11.8 Å². The summed E-state index contributed by atoms with van der Waals surface area (Å²) in [5.74, 6) is 0.209. The van der Waals surface area contributed by atoms with Gasteiger partial charge in [-0.25, -0.2) is 0 Å². The van der Waals surface area contributed by atoms with Crippen molar-refractivity contribution in [2.24, 2.45) is 0 Å². The number of carbonyl (C=O) groups excluding carboxylic acids is 2. The molecule has 2 atom stereocenters. The Morgan fingerprint density at radius 1 is 1.00 bits per heavy atom. The molecule has 4 nitrogen and oxygen atoms in total. The Labute approximate surface area is 179 Å². The summed E-state index contributed by atoms with van der Waals surface area (Å²) in [6.07, 6.45) is 1.44. The lowest BCUT2D eigenvalue weighted by Gasteiger charge is -2.31. The molecule has 5 heteroatoms. The van der Waals surface area contributed by atoms with Crippen LogP contribution in [0.1, 0.15) is 44.7 Å². The molecule has 0 spiro atoms. The standard InChI is InChI=1S/C24H32N2O2S/c1-5-19(4)25-24(28)22(6-2)26(16-20-10-8-7-9-11-20)23(27)17-29-21-14-12-18(3)13-15-21/h7-15,19,22H,5-6,16-17H2,1-4H3,(H,25,28)/t19-,22-/m0/s1. The van der Waals surface area contributed by atoms with Crippen LogP contribution in [0.4, 0.5) is 0 Å². The summed E-state index contributed by atoms with van der Waals surface area (Å²) in [6, 6.07) is 17.6. The summed E-state index contributed by atoms with van der Waals surface area (Å²) in [7, 11) is 0. The first kappa shape index (κ1) is 23.0. The molecule has 0 radical (unpaired) electrons. The number of carbonyl (C=O) groups is 2. The van der Waals surface area contributed by atoms with Gasteiger partial charge in [0.15, 0.2) is 0 Å². The molecular formula is C24H32N2O2S. The zero-order chi connectivity index (χ0) is 21.2. The van der Waals surface area contributed by atoms with Gasteiger partial charge in [0.2, 0.25) is 11.8 Å². The number of amides is 2. The molecular weight excluding hydrogens is 380 g/mol. The maximum absolute atomic E-state index is 13.2. The summed E-state index contributed by atoms with van der Waals surface area (Å²) in [5.41, 5.74) is 2.22. The fraction of sp³-hybridized carbons (Fsp3) is 0.417. The lowest BCUT2D eigenvalue weighted by Crippen LogP contribution is -2.51. The van der Waals surface area contributed by atoms with Crippen molar-refractivity contribution < 1.29 is 9.59 Å². The van der Waals surface area contributed by atoms with E-state index in [1.165, 1.54) is 17.3 Å². The number of thioether (sulfide) groups is 1. The third-order valence-corrected chi connectivity index (χ3v) is 5.96. The van der Waals surface area contributed by atoms with E-state index >= 15 is 0 Å². The molecule has 0 aliphatic rings. The molecule has 2 amide bonds. The van der Waals surface area contributed by atoms with Crippen molar-refractivity contribution in [1.29, 1.82) is 0 Å². The van der Waals surface area contributed by atoms with Crippen molar-refractivity contribution >= 4 is 23.6 Å². The number of nitrogens with one attached hydrogen (secondary N) is 1. The van der Waals surface area contributed by atoms with Crippen molar-refractivity contribution in [3.05, 3.63) is 65.7 Å². The Kier molecular flexibility index (Phi) is 9.26. The van der Waals surface area contributed by atoms with Gasteiger partial charge in [-0.05, 0) is 44.4 Å². The molecule has 0 unspecified atom stereocenters. The topological polar surface area (TPSA) is 49.4 Å². The monoisotopic (exact) mass is 412 g/mol. The highest BCUT2D eigenvalue weighted by Gasteiger charge is 2.29. The lowest BCUT2D eigenvalue weighted by atomic mass is 10.1. The average molecular weight is 413 g/mol. The van der Waals surface area contributed by atoms with E-state index in [4.69, 9.17) is 0 Å². The molecule has 2 aromatic carbocycles. The van der Waals surface area contributed by atoms with Crippen LogP contribution in [0, 0.1) is 6.92 Å². The van der Waals surface area contributed by atoms with Crippen molar-refractivity contribution in [3.8, 4) is 0 Å². The first-order valence-corrected chi connectivity index (χ1v) is 11.3. The first-order valence-electron chi connectivity index (χ1n) is 10.3. The fourth-order valence-corrected chi connectivity index (χ4v) is 3.79. The zero-order valence-electron chi connectivity index (χ0n) is 17.9. The van der Waals surface area contributed by atoms with Crippen LogP contribution >= 0.6 is 11.8 Å². The summed E-state index contributed by atoms with van der Waals surface area (Å²) in [5, 5.41) is 3.04. The van der Waals surface area contributed by atoms with Crippen molar-refractivity contribution in [3.63, 3.8) is 0 Å². The van der Waals surface area contributed by atoms with E-state index < -0.39 is 6.04 Å². The molecule has 0 aliphatic heterocycles. The van der Waals surface area contributed by atoms with Crippen LogP contribution in [0.15, 0.2) is 59.5 Å². The van der Waals surface area contributed by atoms with E-state index in [0.717, 1.165) is 16.9 Å². The Bertz CT molecular complexity index is 777. The Hall–Kier alpha value is -2.27. The third kappa shape index (κ3) is 7.24. The molecule has 0 aromatic heterocycles. The van der Waals surface area contributed by atoms with Crippen molar-refractivity contribution in [2.45, 2.75) is 64.1 Å². The molecule has 0 aliphatic carbocycles. The predicted molar refractivity (Wildman–Crippen MR) is 121 cm³/mol. The van der Waals surface area contributed by atoms with Crippen LogP contribution in [0.2, 0.25) is 0 Å². The van der Waals surface area contributed by atoms with Gasteiger partial charge in [0, 0.05) is 17.5 Å². The van der Waals surface area contributed by atoms with Gasteiger partial charge >= 0.3 is 0 Å². The highest BCUT2D eigenvalue weighted by atomic mass is 32.2. The van der Waals surface area contributed by atoms with Crippen LogP contribution in [-0.4, -0.2) is 34.6 Å². The van der Waals surface area contributed by atoms with Gasteiger partial charge in [-0.3, -0.25) is 9.59 Å². The Morgan fingerprint density at radius 2 is 1.66 bits per heavy atom. The average Bonchev–Trinajstić information content (AvgIpc) is 2.73. The minimum Gasteiger partial charge on any atom is -0.352 e. The van der Waals surface area contributed by atoms with E-state index in [1.807, 2.05) is 82.3 Å². The summed E-state index contributed by atoms with van der Waals surface area (Å²) in [6.45, 7) is 8.46. The van der Waals surface area contributed by atoms with Crippen LogP contribution in [0.3, 0.4) is 0 Å². The second-order valence-electron chi connectivity index (χ2n) is 7.35. The molecule has 29 heavy (non-hydrogen) atoms. The Morgan fingerprint density at radius 3 is 2.24 bits per heavy atom. The largest absolute Gasteiger partial charge is 0.352 e. The van der Waals surface area contributed by atoms with E-state index in [9.17, 15) is 9.59 Å². The third-order valence-electron chi connectivity index (χ3n) is 4.97. The van der Waals surface area contributed by atoms with Crippen LogP contribution in [0.25, 0.3) is 0 Å². The number of rotatable bonds is 10. The van der Waals surface area contributed by atoms with Gasteiger partial charge in [-0.2, -0.15) is 0 Å². The second-order valence-corrected chi connectivity index (χ2v) is 8.40. The van der Waals surface area contributed by atoms with Crippen molar-refractivity contribution in [1.82, 2.24) is 10.2 Å². The smallest absolute Gasteiger partial charge is 0.243 e. The minimum atomic E-state index is -0.477. The molecule has 0 bridgehead atoms. The number of nitrogens with zero attached hydrogens (tertiary/aromatic N) is 1. The molecule has 0 heterocycles. The SMILES string of the molecule is CC[C@H](C)NC(=O)[C@H](CC)N(Cc1ccccc1)C(=O)CSc1ccc(C)cc1. The molecule has 2 rings (SSSR count). The minimum absolute atomic E-state index is 0.0226. The number of hydrogen-bond donors (Lipinski definition) is 1. The highest BCUT2D eigenvalue weighted by Crippen LogP contribution is 2.21. The predicted octanol–water partition coefficient (Wildman–Crippen LogP) is 4.81. The van der Waals surface area contributed by atoms with Gasteiger partial charge in [0.05, 0.1) is 5.75 Å². The number of benzene rings is 2. The molecule has 2 aromatic rings. The normalized spacial score (nSPS) is 12.8. The molecule has 0 saturated heterocycles. The quantitative estimate of drug-likeness (QED) is 0.570. The molecule has 0 fully saturated rings. The lowest BCUT2D eigenvalue weighted by molar-refractivity contribution is -0.139. The van der Waals surface area contributed by atoms with Gasteiger partial charge < -0.3 is 10.2 Å². The highest BCUT2D eigenvalue weighted by molar-refractivity contribution is 8.00. The van der Waals surface area contributed by atoms with E-state index in [1.54, 1.807) is 4.90 Å². The van der Waals surface area contributed by atoms with Crippen molar-refractivity contribution in [2.75, 3.05) is 5.75 Å². The van der Waals surface area contributed by atoms with E-state index in [-0.39, 0.29) is 17.9 Å². The van der Waals surface area contributed by atoms with E-state index in [2.05, 4.69) is 5.32 Å². The maximum Gasteiger partial charge on any atom is 0.243 e. The summed E-state index contributed by atoms with van der Waals surface area (Å²) >= 11 is 1.51. The maximum atomic E-state index is 13.2. The van der Waals surface area contributed by atoms with Crippen LogP contribution < -0.4 is 5.32 Å². The number of hydrogen-bond acceptors (Lipinski definition) is 3.